The van der Waals surface area contributed by atoms with Crippen molar-refractivity contribution in [3.63, 3.8) is 0 Å². The van der Waals surface area contributed by atoms with Gasteiger partial charge in [-0.3, -0.25) is 4.79 Å². The quantitative estimate of drug-likeness (QED) is 0.654. The smallest absolute Gasteiger partial charge is 0.276 e. The molecule has 0 aliphatic carbocycles. The minimum absolute atomic E-state index is 0.105. The molecule has 0 fully saturated rings. The molecule has 0 bridgehead atoms. The molecule has 0 saturated heterocycles. The van der Waals surface area contributed by atoms with Crippen molar-refractivity contribution in [1.29, 1.82) is 0 Å². The van der Waals surface area contributed by atoms with E-state index in [2.05, 4.69) is 20.3 Å². The summed E-state index contributed by atoms with van der Waals surface area (Å²) in [7, 11) is 0. The number of nitrogens with one attached hydrogen (secondary N) is 2. The number of H-pyrrole nitrogens is 1. The fraction of sp³-hybridized carbons (Fsp3) is 0.222. The third-order valence-electron chi connectivity index (χ3n) is 2.11. The molecule has 2 aromatic heterocycles. The number of nitrogens with zero attached hydrogens (tertiary/aromatic N) is 3. The van der Waals surface area contributed by atoms with Gasteiger partial charge in [0.05, 0.1) is 12.7 Å². The Bertz CT molecular complexity index is 503. The summed E-state index contributed by atoms with van der Waals surface area (Å²) in [5.41, 5.74) is 5.33. The van der Waals surface area contributed by atoms with Gasteiger partial charge in [0, 0.05) is 25.5 Å². The molecule has 84 valence electrons. The number of imidazole rings is 1. The van der Waals surface area contributed by atoms with Crippen LogP contribution < -0.4 is 16.6 Å². The maximum atomic E-state index is 11.2. The molecule has 2 heterocycles. The summed E-state index contributed by atoms with van der Waals surface area (Å²) in [5, 5.41) is 2.99. The second-order valence-electron chi connectivity index (χ2n) is 3.22. The van der Waals surface area contributed by atoms with Crippen LogP contribution in [0.3, 0.4) is 0 Å². The third kappa shape index (κ3) is 2.19. The molecule has 0 aliphatic rings. The fourth-order valence-corrected chi connectivity index (χ4v) is 1.27. The first-order valence-electron chi connectivity index (χ1n) is 4.80. The molecule has 7 heteroatoms. The lowest BCUT2D eigenvalue weighted by Crippen LogP contribution is -2.18. The van der Waals surface area contributed by atoms with Crippen LogP contribution in [0, 0.1) is 0 Å². The van der Waals surface area contributed by atoms with Crippen molar-refractivity contribution in [3.8, 4) is 0 Å². The lowest BCUT2D eigenvalue weighted by Gasteiger charge is -2.07. The van der Waals surface area contributed by atoms with Gasteiger partial charge in [0.15, 0.2) is 5.82 Å². The van der Waals surface area contributed by atoms with Crippen LogP contribution in [0.1, 0.15) is 0 Å². The summed E-state index contributed by atoms with van der Waals surface area (Å²) in [5.74, 6) is 0.406. The number of hydrogen-bond acceptors (Lipinski definition) is 5. The van der Waals surface area contributed by atoms with Crippen LogP contribution in [0.25, 0.3) is 0 Å². The highest BCUT2D eigenvalue weighted by atomic mass is 16.1. The van der Waals surface area contributed by atoms with Crippen molar-refractivity contribution in [2.45, 2.75) is 6.54 Å². The summed E-state index contributed by atoms with van der Waals surface area (Å²) in [4.78, 5) is 21.4. The Morgan fingerprint density at radius 3 is 3.19 bits per heavy atom. The van der Waals surface area contributed by atoms with Gasteiger partial charge in [0.2, 0.25) is 0 Å². The van der Waals surface area contributed by atoms with Crippen molar-refractivity contribution in [2.24, 2.45) is 0 Å². The van der Waals surface area contributed by atoms with E-state index in [-0.39, 0.29) is 11.2 Å². The number of anilines is 2. The largest absolute Gasteiger partial charge is 0.391 e. The standard InChI is InChI=1S/C9H12N6O/c10-7-8(13-5-14-9(7)16)12-2-4-15-3-1-11-6-15/h1,3,5-6H,2,4,10H2,(H2,12,13,14,16). The zero-order valence-electron chi connectivity index (χ0n) is 8.55. The van der Waals surface area contributed by atoms with Gasteiger partial charge in [0.1, 0.15) is 5.69 Å². The molecule has 0 radical (unpaired) electrons. The van der Waals surface area contributed by atoms with E-state index in [1.807, 2.05) is 10.8 Å². The van der Waals surface area contributed by atoms with Gasteiger partial charge < -0.3 is 20.6 Å². The van der Waals surface area contributed by atoms with E-state index in [1.165, 1.54) is 6.33 Å². The molecule has 2 rings (SSSR count). The number of nitrogens with two attached hydrogens (primary N) is 1. The van der Waals surface area contributed by atoms with Gasteiger partial charge >= 0.3 is 0 Å². The highest BCUT2D eigenvalue weighted by Crippen LogP contribution is 2.06. The molecule has 4 N–H and O–H groups in total. The monoisotopic (exact) mass is 220 g/mol. The molecule has 16 heavy (non-hydrogen) atoms. The van der Waals surface area contributed by atoms with Gasteiger partial charge in [0.25, 0.3) is 5.56 Å². The molecule has 0 aromatic carbocycles. The van der Waals surface area contributed by atoms with E-state index >= 15 is 0 Å². The van der Waals surface area contributed by atoms with Crippen LogP contribution in [0.5, 0.6) is 0 Å². The molecule has 0 spiro atoms. The summed E-state index contributed by atoms with van der Waals surface area (Å²) in [6.45, 7) is 1.35. The maximum Gasteiger partial charge on any atom is 0.276 e. The first kappa shape index (κ1) is 10.2. The minimum Gasteiger partial charge on any atom is -0.391 e. The first-order valence-corrected chi connectivity index (χ1v) is 4.80. The average molecular weight is 220 g/mol. The molecular formula is C9H12N6O. The van der Waals surface area contributed by atoms with E-state index in [1.54, 1.807) is 12.5 Å². The molecular weight excluding hydrogens is 208 g/mol. The normalized spacial score (nSPS) is 10.2. The molecule has 2 aromatic rings. The predicted molar refractivity (Wildman–Crippen MR) is 60.0 cm³/mol. The lowest BCUT2D eigenvalue weighted by atomic mass is 10.4. The van der Waals surface area contributed by atoms with Crippen LogP contribution in [0.4, 0.5) is 11.5 Å². The molecule has 0 unspecified atom stereocenters. The van der Waals surface area contributed by atoms with Crippen molar-refractivity contribution < 1.29 is 0 Å². The second kappa shape index (κ2) is 4.47. The van der Waals surface area contributed by atoms with Crippen LogP contribution in [0.15, 0.2) is 29.8 Å². The van der Waals surface area contributed by atoms with Crippen LogP contribution in [0.2, 0.25) is 0 Å². The number of aromatic nitrogens is 4. The average Bonchev–Trinajstić information content (AvgIpc) is 2.77. The Morgan fingerprint density at radius 2 is 2.44 bits per heavy atom. The third-order valence-corrected chi connectivity index (χ3v) is 2.11. The van der Waals surface area contributed by atoms with Gasteiger partial charge in [-0.1, -0.05) is 0 Å². The van der Waals surface area contributed by atoms with Crippen molar-refractivity contribution in [2.75, 3.05) is 17.6 Å². The number of rotatable bonds is 4. The SMILES string of the molecule is Nc1c(NCCn2ccnc2)nc[nH]c1=O. The van der Waals surface area contributed by atoms with Crippen molar-refractivity contribution >= 4 is 11.5 Å². The van der Waals surface area contributed by atoms with E-state index in [9.17, 15) is 4.79 Å². The Kier molecular flexibility index (Phi) is 2.86. The Labute approximate surface area is 91.3 Å². The second-order valence-corrected chi connectivity index (χ2v) is 3.22. The zero-order chi connectivity index (χ0) is 11.4. The number of hydrogen-bond donors (Lipinski definition) is 3. The van der Waals surface area contributed by atoms with Gasteiger partial charge in [-0.15, -0.1) is 0 Å². The van der Waals surface area contributed by atoms with E-state index < -0.39 is 0 Å². The van der Waals surface area contributed by atoms with Crippen LogP contribution in [-0.4, -0.2) is 26.1 Å². The van der Waals surface area contributed by atoms with E-state index in [0.29, 0.717) is 12.4 Å². The zero-order valence-corrected chi connectivity index (χ0v) is 8.55. The molecule has 0 saturated carbocycles. The Morgan fingerprint density at radius 1 is 1.56 bits per heavy atom. The summed E-state index contributed by atoms with van der Waals surface area (Å²) < 4.78 is 1.91. The lowest BCUT2D eigenvalue weighted by molar-refractivity contribution is 0.725. The van der Waals surface area contributed by atoms with Crippen LogP contribution in [-0.2, 0) is 6.54 Å². The number of aromatic amines is 1. The summed E-state index contributed by atoms with van der Waals surface area (Å²) >= 11 is 0. The molecule has 0 amide bonds. The highest BCUT2D eigenvalue weighted by molar-refractivity contribution is 5.58. The summed E-state index contributed by atoms with van der Waals surface area (Å²) in [6.07, 6.45) is 6.60. The minimum atomic E-state index is -0.333. The Hall–Kier alpha value is -2.31. The van der Waals surface area contributed by atoms with Gasteiger partial charge in [-0.25, -0.2) is 9.97 Å². The topological polar surface area (TPSA) is 102 Å². The maximum absolute atomic E-state index is 11.2. The van der Waals surface area contributed by atoms with E-state index in [4.69, 9.17) is 5.73 Å². The van der Waals surface area contributed by atoms with Crippen molar-refractivity contribution in [1.82, 2.24) is 19.5 Å². The van der Waals surface area contributed by atoms with E-state index in [0.717, 1.165) is 6.54 Å². The molecule has 0 atom stereocenters. The fourth-order valence-electron chi connectivity index (χ4n) is 1.27. The number of nitrogen functional groups attached to an aromatic ring is 1. The van der Waals surface area contributed by atoms with Crippen molar-refractivity contribution in [3.05, 3.63) is 35.4 Å². The predicted octanol–water partition coefficient (Wildman–Crippen LogP) is -0.339. The molecule has 7 nitrogen and oxygen atoms in total. The Balaban J connectivity index is 1.95. The molecule has 0 aliphatic heterocycles. The van der Waals surface area contributed by atoms with Gasteiger partial charge in [-0.2, -0.15) is 0 Å². The summed E-state index contributed by atoms with van der Waals surface area (Å²) in [6, 6.07) is 0. The van der Waals surface area contributed by atoms with Gasteiger partial charge in [-0.05, 0) is 0 Å². The van der Waals surface area contributed by atoms with Crippen LogP contribution >= 0.6 is 0 Å². The first-order chi connectivity index (χ1) is 7.77. The highest BCUT2D eigenvalue weighted by Gasteiger charge is 2.02.